The van der Waals surface area contributed by atoms with Gasteiger partial charge in [0.1, 0.15) is 0 Å². The number of nitro groups is 1. The van der Waals surface area contributed by atoms with Gasteiger partial charge in [0, 0.05) is 29.7 Å². The molecule has 1 aromatic carbocycles. The minimum absolute atomic E-state index is 0.120. The van der Waals surface area contributed by atoms with E-state index < -0.39 is 10.8 Å². The van der Waals surface area contributed by atoms with Gasteiger partial charge in [-0.05, 0) is 25.3 Å². The van der Waals surface area contributed by atoms with Crippen molar-refractivity contribution in [2.75, 3.05) is 17.7 Å². The van der Waals surface area contributed by atoms with Crippen molar-refractivity contribution in [3.05, 3.63) is 44.4 Å². The molecule has 0 radical (unpaired) electrons. The predicted molar refractivity (Wildman–Crippen MR) is 84.7 cm³/mol. The summed E-state index contributed by atoms with van der Waals surface area (Å²) < 4.78 is 0. The van der Waals surface area contributed by atoms with Crippen LogP contribution < -0.4 is 10.6 Å². The number of hydrogen-bond donors (Lipinski definition) is 2. The quantitative estimate of drug-likeness (QED) is 0.667. The van der Waals surface area contributed by atoms with Crippen LogP contribution in [0.1, 0.15) is 27.3 Å². The Balaban J connectivity index is 1.87. The Morgan fingerprint density at radius 3 is 2.91 bits per heavy atom. The van der Waals surface area contributed by atoms with Gasteiger partial charge in [-0.25, -0.2) is 4.98 Å². The second-order valence-electron chi connectivity index (χ2n) is 4.93. The number of aromatic nitrogens is 1. The van der Waals surface area contributed by atoms with Gasteiger partial charge in [-0.15, -0.1) is 11.3 Å². The molecule has 0 atom stereocenters. The van der Waals surface area contributed by atoms with Crippen molar-refractivity contribution in [1.82, 2.24) is 4.98 Å². The number of non-ortho nitro benzene ring substituents is 1. The molecule has 2 aromatic rings. The minimum Gasteiger partial charge on any atom is -0.387 e. The Hall–Kier alpha value is -2.48. The van der Waals surface area contributed by atoms with Crippen LogP contribution in [0.2, 0.25) is 0 Å². The van der Waals surface area contributed by atoms with Crippen molar-refractivity contribution in [3.8, 4) is 0 Å². The Bertz CT molecular complexity index is 735. The molecule has 1 aliphatic rings. The van der Waals surface area contributed by atoms with E-state index in [1.54, 1.807) is 7.05 Å². The lowest BCUT2D eigenvalue weighted by molar-refractivity contribution is -0.384. The highest BCUT2D eigenvalue weighted by Crippen LogP contribution is 2.31. The normalized spacial score (nSPS) is 12.8. The molecule has 0 saturated carbocycles. The lowest BCUT2D eigenvalue weighted by Gasteiger charge is -2.08. The van der Waals surface area contributed by atoms with E-state index in [-0.39, 0.29) is 11.3 Å². The highest BCUT2D eigenvalue weighted by molar-refractivity contribution is 7.16. The average Bonchev–Trinajstić information content (AvgIpc) is 3.07. The SMILES string of the molecule is CNc1ccc([N+](=O)[O-])cc1C(=O)Nc1nc2c(s1)CCC2. The fourth-order valence-corrected chi connectivity index (χ4v) is 3.50. The van der Waals surface area contributed by atoms with E-state index in [4.69, 9.17) is 0 Å². The van der Waals surface area contributed by atoms with Crippen LogP contribution in [0.3, 0.4) is 0 Å². The van der Waals surface area contributed by atoms with Crippen molar-refractivity contribution in [2.24, 2.45) is 0 Å². The number of nitro benzene ring substituents is 1. The fraction of sp³-hybridized carbons (Fsp3) is 0.286. The summed E-state index contributed by atoms with van der Waals surface area (Å²) in [5.41, 5.74) is 1.69. The second-order valence-corrected chi connectivity index (χ2v) is 6.02. The molecule has 0 aliphatic heterocycles. The van der Waals surface area contributed by atoms with Gasteiger partial charge >= 0.3 is 0 Å². The summed E-state index contributed by atoms with van der Waals surface area (Å²) in [6.45, 7) is 0. The third-order valence-corrected chi connectivity index (χ3v) is 4.62. The lowest BCUT2D eigenvalue weighted by Crippen LogP contribution is -2.14. The van der Waals surface area contributed by atoms with Gasteiger partial charge in [0.05, 0.1) is 16.2 Å². The number of aryl methyl sites for hydroxylation is 2. The third-order valence-electron chi connectivity index (χ3n) is 3.54. The lowest BCUT2D eigenvalue weighted by atomic mass is 10.1. The molecule has 3 rings (SSSR count). The number of nitrogens with zero attached hydrogens (tertiary/aromatic N) is 2. The van der Waals surface area contributed by atoms with Crippen molar-refractivity contribution < 1.29 is 9.72 Å². The molecule has 22 heavy (non-hydrogen) atoms. The van der Waals surface area contributed by atoms with Crippen LogP contribution in [-0.2, 0) is 12.8 Å². The number of nitrogens with one attached hydrogen (secondary N) is 2. The fourth-order valence-electron chi connectivity index (χ4n) is 2.46. The predicted octanol–water partition coefficient (Wildman–Crippen LogP) is 2.83. The summed E-state index contributed by atoms with van der Waals surface area (Å²) in [6, 6.07) is 4.15. The first-order valence-corrected chi connectivity index (χ1v) is 7.66. The van der Waals surface area contributed by atoms with Crippen molar-refractivity contribution in [3.63, 3.8) is 0 Å². The van der Waals surface area contributed by atoms with E-state index in [2.05, 4.69) is 15.6 Å². The summed E-state index contributed by atoms with van der Waals surface area (Å²) >= 11 is 1.47. The second kappa shape index (κ2) is 5.72. The molecule has 0 saturated heterocycles. The zero-order valence-corrected chi connectivity index (χ0v) is 12.7. The molecule has 8 heteroatoms. The number of thiazole rings is 1. The summed E-state index contributed by atoms with van der Waals surface area (Å²) in [5, 5.41) is 17.0. The summed E-state index contributed by atoms with van der Waals surface area (Å²) in [7, 11) is 1.66. The van der Waals surface area contributed by atoms with Crippen molar-refractivity contribution in [1.29, 1.82) is 0 Å². The summed E-state index contributed by atoms with van der Waals surface area (Å²) in [5.74, 6) is -0.402. The topological polar surface area (TPSA) is 97.2 Å². The Morgan fingerprint density at radius 1 is 1.41 bits per heavy atom. The molecule has 1 aliphatic carbocycles. The molecule has 2 N–H and O–H groups in total. The third kappa shape index (κ3) is 2.64. The molecule has 0 bridgehead atoms. The molecular formula is C14H14N4O3S. The monoisotopic (exact) mass is 318 g/mol. The first kappa shape index (κ1) is 14.5. The highest BCUT2D eigenvalue weighted by atomic mass is 32.1. The van der Waals surface area contributed by atoms with E-state index >= 15 is 0 Å². The minimum atomic E-state index is -0.520. The Labute approximate surface area is 130 Å². The standard InChI is InChI=1S/C14H14N4O3S/c1-15-10-6-5-8(18(20)21)7-9(10)13(19)17-14-16-11-3-2-4-12(11)22-14/h5-7,15H,2-4H2,1H3,(H,16,17,19). The maximum absolute atomic E-state index is 12.4. The molecule has 1 heterocycles. The van der Waals surface area contributed by atoms with Gasteiger partial charge in [0.25, 0.3) is 11.6 Å². The molecule has 0 fully saturated rings. The maximum atomic E-state index is 12.4. The van der Waals surface area contributed by atoms with E-state index in [0.29, 0.717) is 10.8 Å². The number of carbonyl (C=O) groups excluding carboxylic acids is 1. The van der Waals surface area contributed by atoms with Gasteiger partial charge in [0.15, 0.2) is 5.13 Å². The summed E-state index contributed by atoms with van der Waals surface area (Å²) in [4.78, 5) is 28.4. The van der Waals surface area contributed by atoms with Crippen LogP contribution in [0.5, 0.6) is 0 Å². The number of rotatable bonds is 4. The van der Waals surface area contributed by atoms with Gasteiger partial charge in [-0.1, -0.05) is 0 Å². The number of amides is 1. The van der Waals surface area contributed by atoms with E-state index in [9.17, 15) is 14.9 Å². The zero-order valence-electron chi connectivity index (χ0n) is 11.9. The number of benzene rings is 1. The number of fused-ring (bicyclic) bond motifs is 1. The molecule has 1 aromatic heterocycles. The van der Waals surface area contributed by atoms with Crippen LogP contribution in [0, 0.1) is 10.1 Å². The Kier molecular flexibility index (Phi) is 3.76. The highest BCUT2D eigenvalue weighted by Gasteiger charge is 2.20. The smallest absolute Gasteiger partial charge is 0.270 e. The Morgan fingerprint density at radius 2 is 2.23 bits per heavy atom. The molecular weight excluding hydrogens is 304 g/mol. The molecule has 7 nitrogen and oxygen atoms in total. The molecule has 0 spiro atoms. The van der Waals surface area contributed by atoms with Crippen LogP contribution in [-0.4, -0.2) is 22.9 Å². The number of hydrogen-bond acceptors (Lipinski definition) is 6. The van der Waals surface area contributed by atoms with Crippen molar-refractivity contribution in [2.45, 2.75) is 19.3 Å². The number of carbonyl (C=O) groups is 1. The maximum Gasteiger partial charge on any atom is 0.270 e. The summed E-state index contributed by atoms with van der Waals surface area (Å²) in [6.07, 6.45) is 3.05. The van der Waals surface area contributed by atoms with Crippen LogP contribution >= 0.6 is 11.3 Å². The van der Waals surface area contributed by atoms with Crippen LogP contribution in [0.25, 0.3) is 0 Å². The van der Waals surface area contributed by atoms with Crippen molar-refractivity contribution >= 4 is 33.8 Å². The first-order chi connectivity index (χ1) is 10.6. The van der Waals surface area contributed by atoms with Gasteiger partial charge in [-0.3, -0.25) is 20.2 Å². The first-order valence-electron chi connectivity index (χ1n) is 6.84. The zero-order chi connectivity index (χ0) is 15.7. The van der Waals surface area contributed by atoms with Crippen LogP contribution in [0.15, 0.2) is 18.2 Å². The van der Waals surface area contributed by atoms with E-state index in [0.717, 1.165) is 25.0 Å². The van der Waals surface area contributed by atoms with Gasteiger partial charge in [0.2, 0.25) is 0 Å². The number of anilines is 2. The average molecular weight is 318 g/mol. The molecule has 114 valence electrons. The van der Waals surface area contributed by atoms with E-state index in [1.165, 1.54) is 34.4 Å². The molecule has 0 unspecified atom stereocenters. The van der Waals surface area contributed by atoms with E-state index in [1.807, 2.05) is 0 Å². The van der Waals surface area contributed by atoms with Crippen LogP contribution in [0.4, 0.5) is 16.5 Å². The largest absolute Gasteiger partial charge is 0.387 e. The van der Waals surface area contributed by atoms with Gasteiger partial charge < -0.3 is 5.32 Å². The van der Waals surface area contributed by atoms with Gasteiger partial charge in [-0.2, -0.15) is 0 Å². The molecule has 1 amide bonds.